The SMILES string of the molecule is CCC(C#N)OC(=O)c1ccn(-c2cccc(N)c2)n1. The number of benzene rings is 1. The van der Waals surface area contributed by atoms with E-state index in [1.54, 1.807) is 31.3 Å². The first-order chi connectivity index (χ1) is 9.63. The summed E-state index contributed by atoms with van der Waals surface area (Å²) >= 11 is 0. The van der Waals surface area contributed by atoms with Gasteiger partial charge in [0.1, 0.15) is 6.07 Å². The molecule has 0 saturated heterocycles. The molecule has 20 heavy (non-hydrogen) atoms. The zero-order valence-electron chi connectivity index (χ0n) is 11.0. The number of hydrogen-bond donors (Lipinski definition) is 1. The molecule has 0 aliphatic carbocycles. The number of anilines is 1. The first-order valence-corrected chi connectivity index (χ1v) is 6.16. The Balaban J connectivity index is 2.17. The summed E-state index contributed by atoms with van der Waals surface area (Å²) in [5.74, 6) is -0.610. The quantitative estimate of drug-likeness (QED) is 0.676. The van der Waals surface area contributed by atoms with Crippen LogP contribution >= 0.6 is 0 Å². The second-order valence-electron chi connectivity index (χ2n) is 4.17. The lowest BCUT2D eigenvalue weighted by atomic mass is 10.3. The molecule has 1 heterocycles. The van der Waals surface area contributed by atoms with Crippen LogP contribution in [0.1, 0.15) is 23.8 Å². The van der Waals surface area contributed by atoms with Gasteiger partial charge in [-0.1, -0.05) is 13.0 Å². The van der Waals surface area contributed by atoms with Gasteiger partial charge >= 0.3 is 5.97 Å². The highest BCUT2D eigenvalue weighted by atomic mass is 16.5. The van der Waals surface area contributed by atoms with Crippen molar-refractivity contribution in [1.82, 2.24) is 9.78 Å². The molecule has 0 fully saturated rings. The molecule has 0 aliphatic heterocycles. The first-order valence-electron chi connectivity index (χ1n) is 6.16. The van der Waals surface area contributed by atoms with Gasteiger partial charge in [-0.15, -0.1) is 0 Å². The zero-order chi connectivity index (χ0) is 14.5. The average Bonchev–Trinajstić information content (AvgIpc) is 2.94. The van der Waals surface area contributed by atoms with Crippen LogP contribution in [0.3, 0.4) is 0 Å². The molecule has 2 rings (SSSR count). The van der Waals surface area contributed by atoms with Gasteiger partial charge in [-0.2, -0.15) is 10.4 Å². The number of nitrogens with zero attached hydrogens (tertiary/aromatic N) is 3. The van der Waals surface area contributed by atoms with Gasteiger partial charge in [-0.3, -0.25) is 0 Å². The van der Waals surface area contributed by atoms with Crippen LogP contribution in [0.15, 0.2) is 36.5 Å². The molecule has 0 aliphatic rings. The first kappa shape index (κ1) is 13.6. The molecule has 6 heteroatoms. The molecular formula is C14H14N4O2. The Bertz CT molecular complexity index is 657. The molecule has 2 N–H and O–H groups in total. The number of aromatic nitrogens is 2. The third-order valence-corrected chi connectivity index (χ3v) is 2.70. The third-order valence-electron chi connectivity index (χ3n) is 2.70. The van der Waals surface area contributed by atoms with Crippen LogP contribution in [0, 0.1) is 11.3 Å². The maximum absolute atomic E-state index is 11.8. The molecule has 1 atom stereocenters. The number of carbonyl (C=O) groups is 1. The van der Waals surface area contributed by atoms with Gasteiger partial charge in [0.25, 0.3) is 0 Å². The van der Waals surface area contributed by atoms with E-state index >= 15 is 0 Å². The van der Waals surface area contributed by atoms with Gasteiger partial charge in [0, 0.05) is 11.9 Å². The van der Waals surface area contributed by atoms with Crippen LogP contribution in [-0.2, 0) is 4.74 Å². The lowest BCUT2D eigenvalue weighted by Crippen LogP contribution is -2.16. The smallest absolute Gasteiger partial charge is 0.360 e. The Kier molecular flexibility index (Phi) is 4.01. The van der Waals surface area contributed by atoms with Gasteiger partial charge < -0.3 is 10.5 Å². The second-order valence-corrected chi connectivity index (χ2v) is 4.17. The number of ether oxygens (including phenoxy) is 1. The standard InChI is InChI=1S/C14H14N4O2/c1-2-12(9-15)20-14(19)13-6-7-18(17-13)11-5-3-4-10(16)8-11/h3-8,12H,2,16H2,1H3. The van der Waals surface area contributed by atoms with E-state index in [1.807, 2.05) is 12.1 Å². The van der Waals surface area contributed by atoms with Crippen molar-refractivity contribution in [2.45, 2.75) is 19.4 Å². The van der Waals surface area contributed by atoms with Crippen LogP contribution in [0.2, 0.25) is 0 Å². The fraction of sp³-hybridized carbons (Fsp3) is 0.214. The summed E-state index contributed by atoms with van der Waals surface area (Å²) in [7, 11) is 0. The van der Waals surface area contributed by atoms with E-state index in [0.29, 0.717) is 12.1 Å². The Morgan fingerprint density at radius 1 is 1.55 bits per heavy atom. The zero-order valence-corrected chi connectivity index (χ0v) is 11.0. The van der Waals surface area contributed by atoms with Gasteiger partial charge in [0.05, 0.1) is 5.69 Å². The normalized spacial score (nSPS) is 11.6. The van der Waals surface area contributed by atoms with Gasteiger partial charge in [-0.05, 0) is 30.7 Å². The van der Waals surface area contributed by atoms with Crippen molar-refractivity contribution in [1.29, 1.82) is 5.26 Å². The van der Waals surface area contributed by atoms with Crippen LogP contribution < -0.4 is 5.73 Å². The Labute approximate surface area is 116 Å². The van der Waals surface area contributed by atoms with E-state index in [4.69, 9.17) is 15.7 Å². The molecule has 102 valence electrons. The topological polar surface area (TPSA) is 93.9 Å². The summed E-state index contributed by atoms with van der Waals surface area (Å²) in [5.41, 5.74) is 7.21. The predicted octanol–water partition coefficient (Wildman–Crippen LogP) is 1.91. The van der Waals surface area contributed by atoms with Crippen molar-refractivity contribution in [2.75, 3.05) is 5.73 Å². The minimum Gasteiger partial charge on any atom is -0.442 e. The summed E-state index contributed by atoms with van der Waals surface area (Å²) in [6.07, 6.45) is 1.33. The summed E-state index contributed by atoms with van der Waals surface area (Å²) in [5, 5.41) is 12.9. The van der Waals surface area contributed by atoms with Gasteiger partial charge in [0.2, 0.25) is 0 Å². The predicted molar refractivity (Wildman–Crippen MR) is 73.1 cm³/mol. The molecule has 1 aromatic heterocycles. The fourth-order valence-electron chi connectivity index (χ4n) is 1.63. The number of nitriles is 1. The third kappa shape index (κ3) is 2.95. The highest BCUT2D eigenvalue weighted by molar-refractivity contribution is 5.87. The minimum absolute atomic E-state index is 0.154. The molecule has 6 nitrogen and oxygen atoms in total. The minimum atomic E-state index is -0.750. The van der Waals surface area contributed by atoms with Gasteiger partial charge in [0.15, 0.2) is 11.8 Å². The van der Waals surface area contributed by atoms with Crippen LogP contribution in [-0.4, -0.2) is 21.9 Å². The van der Waals surface area contributed by atoms with E-state index in [0.717, 1.165) is 5.69 Å². The van der Waals surface area contributed by atoms with Crippen LogP contribution in [0.25, 0.3) is 5.69 Å². The Morgan fingerprint density at radius 3 is 3.00 bits per heavy atom. The molecule has 1 aromatic carbocycles. The van der Waals surface area contributed by atoms with E-state index in [2.05, 4.69) is 5.10 Å². The monoisotopic (exact) mass is 270 g/mol. The largest absolute Gasteiger partial charge is 0.442 e. The van der Waals surface area contributed by atoms with Crippen molar-refractivity contribution in [2.24, 2.45) is 0 Å². The van der Waals surface area contributed by atoms with E-state index in [9.17, 15) is 4.79 Å². The Hall–Kier alpha value is -2.81. The summed E-state index contributed by atoms with van der Waals surface area (Å²) in [6.45, 7) is 1.77. The summed E-state index contributed by atoms with van der Waals surface area (Å²) in [6, 6.07) is 10.6. The summed E-state index contributed by atoms with van der Waals surface area (Å²) in [4.78, 5) is 11.8. The Morgan fingerprint density at radius 2 is 2.35 bits per heavy atom. The second kappa shape index (κ2) is 5.89. The van der Waals surface area contributed by atoms with E-state index in [1.165, 1.54) is 10.7 Å². The van der Waals surface area contributed by atoms with E-state index < -0.39 is 12.1 Å². The molecule has 1 unspecified atom stereocenters. The molecular weight excluding hydrogens is 256 g/mol. The number of nitrogens with two attached hydrogens (primary N) is 1. The number of hydrogen-bond acceptors (Lipinski definition) is 5. The molecule has 0 radical (unpaired) electrons. The molecule has 0 spiro atoms. The van der Waals surface area contributed by atoms with Crippen molar-refractivity contribution >= 4 is 11.7 Å². The molecule has 0 amide bonds. The summed E-state index contributed by atoms with van der Waals surface area (Å²) < 4.78 is 6.54. The van der Waals surface area contributed by atoms with Crippen molar-refractivity contribution in [3.05, 3.63) is 42.2 Å². The van der Waals surface area contributed by atoms with Crippen molar-refractivity contribution < 1.29 is 9.53 Å². The van der Waals surface area contributed by atoms with Crippen molar-refractivity contribution in [3.63, 3.8) is 0 Å². The molecule has 2 aromatic rings. The maximum atomic E-state index is 11.8. The van der Waals surface area contributed by atoms with Crippen molar-refractivity contribution in [3.8, 4) is 11.8 Å². The van der Waals surface area contributed by atoms with Gasteiger partial charge in [-0.25, -0.2) is 9.48 Å². The maximum Gasteiger partial charge on any atom is 0.360 e. The number of carbonyl (C=O) groups excluding carboxylic acids is 1. The number of nitrogen functional groups attached to an aromatic ring is 1. The lowest BCUT2D eigenvalue weighted by molar-refractivity contribution is 0.0393. The molecule has 0 bridgehead atoms. The van der Waals surface area contributed by atoms with E-state index in [-0.39, 0.29) is 5.69 Å². The fourth-order valence-corrected chi connectivity index (χ4v) is 1.63. The average molecular weight is 270 g/mol. The highest BCUT2D eigenvalue weighted by Crippen LogP contribution is 2.12. The highest BCUT2D eigenvalue weighted by Gasteiger charge is 2.16. The number of rotatable bonds is 4. The van der Waals surface area contributed by atoms with Crippen LogP contribution in [0.4, 0.5) is 5.69 Å². The molecule has 0 saturated carbocycles. The number of esters is 1. The van der Waals surface area contributed by atoms with Crippen LogP contribution in [0.5, 0.6) is 0 Å². The lowest BCUT2D eigenvalue weighted by Gasteiger charge is -2.06.